The Balaban J connectivity index is 2.22. The second-order valence-electron chi connectivity index (χ2n) is 7.03. The summed E-state index contributed by atoms with van der Waals surface area (Å²) in [6.07, 6.45) is -4.59. The summed E-state index contributed by atoms with van der Waals surface area (Å²) in [5.41, 5.74) is 1.52. The molecule has 7 heteroatoms. The minimum Gasteiger partial charge on any atom is -0.494 e. The molecule has 0 radical (unpaired) electrons. The van der Waals surface area contributed by atoms with Crippen molar-refractivity contribution in [3.63, 3.8) is 0 Å². The predicted molar refractivity (Wildman–Crippen MR) is 92.5 cm³/mol. The second-order valence-corrected chi connectivity index (χ2v) is 7.03. The van der Waals surface area contributed by atoms with Crippen molar-refractivity contribution in [1.82, 2.24) is 10.4 Å². The highest BCUT2D eigenvalue weighted by Gasteiger charge is 2.52. The minimum absolute atomic E-state index is 0.0236. The quantitative estimate of drug-likeness (QED) is 0.881. The molecule has 1 atom stereocenters. The third kappa shape index (κ3) is 3.23. The van der Waals surface area contributed by atoms with Crippen molar-refractivity contribution < 1.29 is 22.7 Å². The molecule has 2 aromatic rings. The summed E-state index contributed by atoms with van der Waals surface area (Å²) in [6, 6.07) is 8.17. The van der Waals surface area contributed by atoms with E-state index in [1.807, 2.05) is 0 Å². The molecule has 0 unspecified atom stereocenters. The lowest BCUT2D eigenvalue weighted by Crippen LogP contribution is -2.43. The second kappa shape index (κ2) is 6.46. The lowest BCUT2D eigenvalue weighted by molar-refractivity contribution is -0.191. The van der Waals surface area contributed by atoms with E-state index in [9.17, 15) is 18.0 Å². The number of carbonyl (C=O) groups excluding carboxylic acids is 1. The largest absolute Gasteiger partial charge is 0.494 e. The van der Waals surface area contributed by atoms with E-state index in [0.29, 0.717) is 10.8 Å². The van der Waals surface area contributed by atoms with E-state index in [4.69, 9.17) is 4.74 Å². The maximum Gasteiger partial charge on any atom is 0.410 e. The van der Waals surface area contributed by atoms with Gasteiger partial charge in [0.05, 0.1) is 12.0 Å². The van der Waals surface area contributed by atoms with Gasteiger partial charge in [-0.25, -0.2) is 5.01 Å². The minimum atomic E-state index is -4.59. The molecule has 0 aromatic heterocycles. The number of fused-ring (bicyclic) bond motifs is 1. The van der Waals surface area contributed by atoms with Crippen molar-refractivity contribution in [2.75, 3.05) is 13.2 Å². The van der Waals surface area contributed by atoms with Crippen molar-refractivity contribution in [3.8, 4) is 5.75 Å². The Hall–Kier alpha value is -2.28. The normalized spacial score (nSPS) is 18.8. The molecule has 4 nitrogen and oxygen atoms in total. The Morgan fingerprint density at radius 1 is 1.23 bits per heavy atom. The maximum absolute atomic E-state index is 14.1. The molecule has 0 spiro atoms. The SMILES string of the molecule is CCOc1ccc2ccccc2c1[C@H](N1CC(C)(C)C(=O)N1)C(F)(F)F. The maximum atomic E-state index is 14.1. The molecule has 1 fully saturated rings. The number of hydrogen-bond donors (Lipinski definition) is 1. The highest BCUT2D eigenvalue weighted by molar-refractivity contribution is 5.89. The molecule has 0 aliphatic carbocycles. The highest BCUT2D eigenvalue weighted by Crippen LogP contribution is 2.46. The average Bonchev–Trinajstić information content (AvgIpc) is 2.81. The standard InChI is InChI=1S/C19H21F3N2O2/c1-4-26-14-10-9-12-7-5-6-8-13(12)15(14)16(19(20,21)22)24-11-18(2,3)17(25)23-24/h5-10,16H,4,11H2,1-3H3,(H,23,25)/t16-/m0/s1. The van der Waals surface area contributed by atoms with Crippen molar-refractivity contribution in [2.45, 2.75) is 33.0 Å². The van der Waals surface area contributed by atoms with Crippen LogP contribution >= 0.6 is 0 Å². The molecule has 3 rings (SSSR count). The number of nitrogens with zero attached hydrogens (tertiary/aromatic N) is 1. The predicted octanol–water partition coefficient (Wildman–Crippen LogP) is 4.21. The van der Waals surface area contributed by atoms with Gasteiger partial charge in [-0.15, -0.1) is 0 Å². The summed E-state index contributed by atoms with van der Waals surface area (Å²) in [7, 11) is 0. The lowest BCUT2D eigenvalue weighted by atomic mass is 9.92. The average molecular weight is 366 g/mol. The summed E-state index contributed by atoms with van der Waals surface area (Å²) in [4.78, 5) is 12.1. The first-order chi connectivity index (χ1) is 12.1. The van der Waals surface area contributed by atoms with Gasteiger partial charge in [-0.2, -0.15) is 13.2 Å². The van der Waals surface area contributed by atoms with Gasteiger partial charge in [-0.1, -0.05) is 30.3 Å². The van der Waals surface area contributed by atoms with Crippen LogP contribution in [-0.4, -0.2) is 30.2 Å². The van der Waals surface area contributed by atoms with Gasteiger partial charge in [0.2, 0.25) is 5.91 Å². The number of ether oxygens (including phenoxy) is 1. The van der Waals surface area contributed by atoms with Crippen LogP contribution in [0.15, 0.2) is 36.4 Å². The van der Waals surface area contributed by atoms with E-state index >= 15 is 0 Å². The van der Waals surface area contributed by atoms with Gasteiger partial charge in [-0.05, 0) is 37.6 Å². The highest BCUT2D eigenvalue weighted by atomic mass is 19.4. The summed E-state index contributed by atoms with van der Waals surface area (Å²) in [5.74, 6) is -0.252. The van der Waals surface area contributed by atoms with Crippen LogP contribution < -0.4 is 10.2 Å². The molecular weight excluding hydrogens is 345 g/mol. The van der Waals surface area contributed by atoms with Crippen LogP contribution in [0.25, 0.3) is 10.8 Å². The van der Waals surface area contributed by atoms with E-state index in [1.54, 1.807) is 57.2 Å². The van der Waals surface area contributed by atoms with E-state index in [1.165, 1.54) is 0 Å². The summed E-state index contributed by atoms with van der Waals surface area (Å²) in [5, 5.41) is 2.12. The molecule has 1 heterocycles. The number of benzene rings is 2. The molecule has 26 heavy (non-hydrogen) atoms. The van der Waals surface area contributed by atoms with Crippen LogP contribution in [0, 0.1) is 5.41 Å². The van der Waals surface area contributed by atoms with Gasteiger partial charge in [0.15, 0.2) is 6.04 Å². The third-order valence-corrected chi connectivity index (χ3v) is 4.55. The van der Waals surface area contributed by atoms with Gasteiger partial charge in [0.25, 0.3) is 0 Å². The number of halogens is 3. The van der Waals surface area contributed by atoms with Crippen molar-refractivity contribution in [2.24, 2.45) is 5.41 Å². The number of alkyl halides is 3. The Morgan fingerprint density at radius 2 is 1.92 bits per heavy atom. The van der Waals surface area contributed by atoms with Crippen LogP contribution in [0.1, 0.15) is 32.4 Å². The van der Waals surface area contributed by atoms with Crippen LogP contribution in [0.3, 0.4) is 0 Å². The van der Waals surface area contributed by atoms with Crippen LogP contribution in [0.2, 0.25) is 0 Å². The van der Waals surface area contributed by atoms with Crippen LogP contribution in [0.5, 0.6) is 5.75 Å². The number of carbonyl (C=O) groups is 1. The molecule has 0 saturated carbocycles. The molecular formula is C19H21F3N2O2. The molecule has 2 aromatic carbocycles. The number of rotatable bonds is 4. The zero-order chi connectivity index (χ0) is 19.1. The molecule has 1 amide bonds. The monoisotopic (exact) mass is 366 g/mol. The third-order valence-electron chi connectivity index (χ3n) is 4.55. The zero-order valence-electron chi connectivity index (χ0n) is 14.9. The van der Waals surface area contributed by atoms with Gasteiger partial charge in [0, 0.05) is 12.1 Å². The fourth-order valence-electron chi connectivity index (χ4n) is 3.31. The lowest BCUT2D eigenvalue weighted by Gasteiger charge is -2.31. The Kier molecular flexibility index (Phi) is 4.60. The molecule has 1 aliphatic heterocycles. The Bertz CT molecular complexity index is 833. The van der Waals surface area contributed by atoms with E-state index in [0.717, 1.165) is 5.01 Å². The zero-order valence-corrected chi connectivity index (χ0v) is 14.9. The Morgan fingerprint density at radius 3 is 2.50 bits per heavy atom. The fraction of sp³-hybridized carbons (Fsp3) is 0.421. The van der Waals surface area contributed by atoms with E-state index < -0.39 is 23.5 Å². The van der Waals surface area contributed by atoms with E-state index in [2.05, 4.69) is 5.43 Å². The van der Waals surface area contributed by atoms with Crippen molar-refractivity contribution in [1.29, 1.82) is 0 Å². The topological polar surface area (TPSA) is 41.6 Å². The van der Waals surface area contributed by atoms with Crippen LogP contribution in [0.4, 0.5) is 13.2 Å². The first kappa shape index (κ1) is 18.5. The first-order valence-electron chi connectivity index (χ1n) is 8.44. The van der Waals surface area contributed by atoms with E-state index in [-0.39, 0.29) is 24.5 Å². The number of nitrogens with one attached hydrogen (secondary N) is 1. The first-order valence-corrected chi connectivity index (χ1v) is 8.44. The smallest absolute Gasteiger partial charge is 0.410 e. The molecule has 140 valence electrons. The molecule has 1 aliphatic rings. The van der Waals surface area contributed by atoms with Crippen molar-refractivity contribution >= 4 is 16.7 Å². The fourth-order valence-corrected chi connectivity index (χ4v) is 3.31. The summed E-state index contributed by atoms with van der Waals surface area (Å²) in [6.45, 7) is 5.17. The number of amides is 1. The number of hydrogen-bond acceptors (Lipinski definition) is 3. The van der Waals surface area contributed by atoms with Crippen LogP contribution in [-0.2, 0) is 4.79 Å². The Labute approximate surface area is 149 Å². The molecule has 1 saturated heterocycles. The van der Waals surface area contributed by atoms with Gasteiger partial charge in [0.1, 0.15) is 5.75 Å². The molecule has 1 N–H and O–H groups in total. The van der Waals surface area contributed by atoms with Gasteiger partial charge < -0.3 is 4.74 Å². The molecule has 0 bridgehead atoms. The van der Waals surface area contributed by atoms with Gasteiger partial charge in [-0.3, -0.25) is 10.2 Å². The summed E-state index contributed by atoms with van der Waals surface area (Å²) < 4.78 is 47.9. The summed E-state index contributed by atoms with van der Waals surface area (Å²) >= 11 is 0. The van der Waals surface area contributed by atoms with Gasteiger partial charge >= 0.3 is 6.18 Å². The van der Waals surface area contributed by atoms with Crippen molar-refractivity contribution in [3.05, 3.63) is 42.0 Å². The number of hydrazine groups is 1.